The van der Waals surface area contributed by atoms with Crippen LogP contribution in [0.4, 0.5) is 9.59 Å². The maximum Gasteiger partial charge on any atom is 0.416 e. The molecule has 4 N–H and O–H groups in total. The van der Waals surface area contributed by atoms with Crippen LogP contribution in [0.3, 0.4) is 0 Å². The number of carbonyl (C=O) groups is 14. The van der Waals surface area contributed by atoms with Crippen molar-refractivity contribution >= 4 is 99.6 Å². The molecule has 10 atom stereocenters. The van der Waals surface area contributed by atoms with Crippen LogP contribution in [-0.2, 0) is 108 Å². The molecule has 2 aromatic carbocycles. The third-order valence-electron chi connectivity index (χ3n) is 18.6. The number of alkyl halides is 1. The molecule has 29 heteroatoms. The average molecular weight is 1910 g/mol. The molecule has 2 fully saturated rings. The molecule has 2 aromatic rings. The minimum atomic E-state index is -0.952. The van der Waals surface area contributed by atoms with E-state index in [4.69, 9.17) is 43.0 Å². The fraction of sp³-hybridized carbons (Fsp3) is 0.703. The van der Waals surface area contributed by atoms with Crippen LogP contribution in [0.25, 0.3) is 0 Å². The number of esters is 6. The van der Waals surface area contributed by atoms with E-state index in [1.54, 1.807) is 116 Å². The highest BCUT2D eigenvalue weighted by atomic mass is 79.9. The lowest BCUT2D eigenvalue weighted by atomic mass is 9.82. The van der Waals surface area contributed by atoms with Crippen molar-refractivity contribution in [2.75, 3.05) is 18.5 Å². The Balaban J connectivity index is -0.000000730. The zero-order valence-corrected chi connectivity index (χ0v) is 85.9. The van der Waals surface area contributed by atoms with Gasteiger partial charge in [-0.25, -0.2) is 19.4 Å². The molecule has 744 valence electrons. The number of rotatable bonds is 39. The van der Waals surface area contributed by atoms with Crippen molar-refractivity contribution in [3.63, 3.8) is 0 Å². The largest absolute Gasteiger partial charge is 0.481 e. The summed E-state index contributed by atoms with van der Waals surface area (Å²) in [6.45, 7) is 65.5. The number of benzene rings is 2. The molecule has 2 aliphatic rings. The van der Waals surface area contributed by atoms with E-state index in [1.807, 2.05) is 158 Å². The number of ether oxygens (including phenoxy) is 8. The summed E-state index contributed by atoms with van der Waals surface area (Å²) >= 11 is 2.99. The molecule has 2 heterocycles. The number of carbonyl (C=O) groups excluding carboxylic acids is 10. The molecule has 130 heavy (non-hydrogen) atoms. The van der Waals surface area contributed by atoms with Crippen molar-refractivity contribution in [1.82, 2.24) is 9.80 Å². The zero-order chi connectivity index (χ0) is 101. The molecule has 0 bridgehead atoms. The van der Waals surface area contributed by atoms with Gasteiger partial charge in [0, 0.05) is 13.8 Å². The summed E-state index contributed by atoms with van der Waals surface area (Å²) < 4.78 is 41.6. The van der Waals surface area contributed by atoms with Gasteiger partial charge in [-0.3, -0.25) is 57.5 Å². The molecule has 2 saturated heterocycles. The fourth-order valence-corrected chi connectivity index (χ4v) is 13.6. The van der Waals surface area contributed by atoms with Gasteiger partial charge in [0.15, 0.2) is 0 Å². The molecule has 2 aliphatic heterocycles. The van der Waals surface area contributed by atoms with Crippen molar-refractivity contribution in [2.24, 2.45) is 82.9 Å². The maximum absolute atomic E-state index is 13.2. The maximum atomic E-state index is 13.2. The Morgan fingerprint density at radius 3 is 0.977 bits per heavy atom. The number of amides is 4. The predicted molar refractivity (Wildman–Crippen MR) is 509 cm³/mol. The van der Waals surface area contributed by atoms with Crippen LogP contribution in [-0.4, -0.2) is 178 Å². The van der Waals surface area contributed by atoms with Gasteiger partial charge in [-0.2, -0.15) is 0 Å². The first-order chi connectivity index (χ1) is 59.5. The van der Waals surface area contributed by atoms with Crippen LogP contribution in [0.15, 0.2) is 86.0 Å². The van der Waals surface area contributed by atoms with Crippen molar-refractivity contribution < 1.29 is 127 Å². The van der Waals surface area contributed by atoms with E-state index in [9.17, 15) is 82.4 Å². The number of halogens is 1. The molecule has 4 amide bonds. The number of imide groups is 2. The van der Waals surface area contributed by atoms with E-state index in [0.717, 1.165) is 24.0 Å². The molecular formula is C101H167BrN2O26. The predicted octanol–water partition coefficient (Wildman–Crippen LogP) is 21.4. The van der Waals surface area contributed by atoms with E-state index in [0.29, 0.717) is 83.2 Å². The fourth-order valence-electron chi connectivity index (χ4n) is 13.5. The second-order valence-electron chi connectivity index (χ2n) is 41.5. The number of carboxylic acids is 4. The minimum Gasteiger partial charge on any atom is -0.481 e. The van der Waals surface area contributed by atoms with Crippen molar-refractivity contribution in [2.45, 2.75) is 357 Å². The molecular weight excluding hydrogens is 1740 g/mol. The number of cyclic esters (lactones) is 2. The van der Waals surface area contributed by atoms with Gasteiger partial charge in [0.2, 0.25) is 11.8 Å². The number of hydrogen-bond donors (Lipinski definition) is 4. The van der Waals surface area contributed by atoms with Crippen molar-refractivity contribution in [1.29, 1.82) is 0 Å². The number of hydrogen-bond acceptors (Lipinski definition) is 22. The molecule has 0 radical (unpaired) electrons. The van der Waals surface area contributed by atoms with Gasteiger partial charge in [0.1, 0.15) is 52.2 Å². The Labute approximate surface area is 787 Å². The summed E-state index contributed by atoms with van der Waals surface area (Å²) in [7, 11) is 0. The Hall–Kier alpha value is -9.02. The monoisotopic (exact) mass is 1900 g/mol. The first kappa shape index (κ1) is 125. The highest BCUT2D eigenvalue weighted by Crippen LogP contribution is 2.33. The Morgan fingerprint density at radius 2 is 0.700 bits per heavy atom. The Morgan fingerprint density at radius 1 is 0.408 bits per heavy atom. The van der Waals surface area contributed by atoms with Gasteiger partial charge in [0.05, 0.1) is 66.4 Å². The van der Waals surface area contributed by atoms with Gasteiger partial charge in [-0.15, -0.1) is 13.2 Å². The number of nitrogens with zero attached hydrogens (tertiary/aromatic N) is 2. The minimum absolute atomic E-state index is 0. The van der Waals surface area contributed by atoms with E-state index >= 15 is 0 Å². The van der Waals surface area contributed by atoms with Gasteiger partial charge >= 0.3 is 71.9 Å². The van der Waals surface area contributed by atoms with Crippen LogP contribution in [0.2, 0.25) is 0 Å². The summed E-state index contributed by atoms with van der Waals surface area (Å²) in [6.07, 6.45) is 8.65. The molecule has 4 rings (SSSR count). The molecule has 28 nitrogen and oxygen atoms in total. The second-order valence-corrected chi connectivity index (χ2v) is 42.1. The molecule has 0 saturated carbocycles. The van der Waals surface area contributed by atoms with Gasteiger partial charge < -0.3 is 58.3 Å². The van der Waals surface area contributed by atoms with Gasteiger partial charge in [0.25, 0.3) is 0 Å². The van der Waals surface area contributed by atoms with Crippen LogP contribution in [0, 0.1) is 82.9 Å². The smallest absolute Gasteiger partial charge is 0.416 e. The van der Waals surface area contributed by atoms with Crippen LogP contribution >= 0.6 is 15.9 Å². The highest BCUT2D eigenvalue weighted by Gasteiger charge is 2.44. The standard InChI is InChI=1S/C22H31NO5.C16H21NO3.C15H28O4.2C15H26O4.C12H22O4.C6H11BrO2.H2/c1-15(2)11-17(13-19(24)28-22(3,4)5)20(25)23-18(14-27-21(23)26)12-16-9-7-6-8-10-16;1-12(2)8-9-15(18)17-14(11-20-16(17)19)10-13-6-4-3-5-7-13;3*1-7-8-11(14(18)19-15(4,5)6)12(13(16)17)9-10(2)3;1-8(2)6-9(11(14)15)7-10(13)16-12(3,4)5;1-6(2,3)9-5(8)4-7;/h6-10,15,17-18H,11-14H2,1-5H3;3-7,12,14H,8-11H2,1-2H3;10-12H,7-9H2,1-6H3,(H,16,17);2*7,10-12H,1,8-9H2,2-6H3,(H,16,17);8-9H,6-7H2,1-5H3,(H,14,15);4H2,1-3H3;1H/t17-,18+;14-;11-,12-;11-,12+;11-,12-;9-;;/m101011../s1. The van der Waals surface area contributed by atoms with Gasteiger partial charge in [-0.05, 0) is 242 Å². The van der Waals surface area contributed by atoms with E-state index in [-0.39, 0.29) is 97.2 Å². The Bertz CT molecular complexity index is 3730. The number of allylic oxidation sites excluding steroid dienone is 2. The van der Waals surface area contributed by atoms with E-state index in [1.165, 1.54) is 9.80 Å². The number of aliphatic carboxylic acids is 4. The van der Waals surface area contributed by atoms with Crippen molar-refractivity contribution in [3.8, 4) is 0 Å². The average Bonchev–Trinajstić information content (AvgIpc) is 1.68. The van der Waals surface area contributed by atoms with Crippen LogP contribution in [0.5, 0.6) is 0 Å². The lowest BCUT2D eigenvalue weighted by molar-refractivity contribution is -0.167. The summed E-state index contributed by atoms with van der Waals surface area (Å²) in [5.74, 6) is -10.3. The lowest BCUT2D eigenvalue weighted by Crippen LogP contribution is -2.44. The van der Waals surface area contributed by atoms with E-state index < -0.39 is 135 Å². The summed E-state index contributed by atoms with van der Waals surface area (Å²) in [5.41, 5.74) is -1.21. The summed E-state index contributed by atoms with van der Waals surface area (Å²) in [5, 5.41) is 37.2. The SMILES string of the molecule is C=CC[C@@H](C(=O)OC(C)(C)C)[C@@H](CC(C)C)C(=O)O.C=CC[C@H](C(=O)OC(C)(C)C)[C@@H](CC(C)C)C(=O)O.CC(C)(C)OC(=O)CBr.CC(C)CCC(=O)N1C(=O)OC[C@@H]1Cc1ccccc1.CC(C)C[C@H](CC(=O)OC(C)(C)C)C(=O)N1C(=O)OC[C@@H]1Cc1ccccc1.CC(C)C[C@H](CC(=O)OC(C)(C)C)C(=O)O.CCC[C@@H](C(=O)OC(C)(C)C)[C@@H](CC(C)C)C(=O)O.[HH]. The van der Waals surface area contributed by atoms with Crippen LogP contribution in [0.1, 0.15) is 311 Å². The lowest BCUT2D eigenvalue weighted by Gasteiger charge is -2.27. The van der Waals surface area contributed by atoms with Gasteiger partial charge in [-0.1, -0.05) is 185 Å². The normalized spacial score (nSPS) is 15.7. The zero-order valence-electron chi connectivity index (χ0n) is 84.4. The third kappa shape index (κ3) is 59.4. The van der Waals surface area contributed by atoms with Crippen LogP contribution < -0.4 is 0 Å². The quantitative estimate of drug-likeness (QED) is 0.0209. The second kappa shape index (κ2) is 60.9. The molecule has 0 aliphatic carbocycles. The summed E-state index contributed by atoms with van der Waals surface area (Å²) in [4.78, 5) is 168. The Kier molecular flexibility index (Phi) is 58.6. The van der Waals surface area contributed by atoms with E-state index in [2.05, 4.69) is 42.9 Å². The summed E-state index contributed by atoms with van der Waals surface area (Å²) in [6, 6.07) is 19.0. The highest BCUT2D eigenvalue weighted by molar-refractivity contribution is 9.09. The molecule has 0 aromatic heterocycles. The molecule has 0 spiro atoms. The topological polar surface area (TPSA) is 400 Å². The number of carboxylic acid groups (broad SMARTS) is 4. The first-order valence-electron chi connectivity index (χ1n) is 45.6. The molecule has 0 unspecified atom stereocenters. The van der Waals surface area contributed by atoms with Crippen molar-refractivity contribution in [3.05, 3.63) is 97.1 Å². The third-order valence-corrected chi connectivity index (χ3v) is 19.0. The first-order valence-corrected chi connectivity index (χ1v) is 46.7.